The van der Waals surface area contributed by atoms with Gasteiger partial charge in [0.1, 0.15) is 5.75 Å². The lowest BCUT2D eigenvalue weighted by Gasteiger charge is -2.31. The number of hydrogen-bond acceptors (Lipinski definition) is 3. The van der Waals surface area contributed by atoms with Gasteiger partial charge in [0, 0.05) is 19.0 Å². The Morgan fingerprint density at radius 3 is 2.54 bits per heavy atom. The summed E-state index contributed by atoms with van der Waals surface area (Å²) in [5, 5.41) is 0. The van der Waals surface area contributed by atoms with Crippen LogP contribution < -0.4 is 10.5 Å². The van der Waals surface area contributed by atoms with Crippen LogP contribution in [0.1, 0.15) is 55.3 Å². The Hall–Kier alpha value is -2.33. The van der Waals surface area contributed by atoms with Crippen LogP contribution in [0.5, 0.6) is 5.75 Å². The molecular formula is C22H28N2O2. The molecule has 4 nitrogen and oxygen atoms in total. The summed E-state index contributed by atoms with van der Waals surface area (Å²) in [5.74, 6) is 0.982. The standard InChI is InChI=1S/C22H28N2O2/c1-26-19-13-11-18(12-14-19)21-10-6-3-7-15-24(21)22(25)16-20(23)17-8-4-2-5-9-17/h2,4-5,8-9,11-14,20-21H,3,6-7,10,15-16,23H2,1H3. The van der Waals surface area contributed by atoms with E-state index < -0.39 is 0 Å². The second kappa shape index (κ2) is 8.86. The topological polar surface area (TPSA) is 55.6 Å². The number of likely N-dealkylation sites (tertiary alicyclic amines) is 1. The lowest BCUT2D eigenvalue weighted by molar-refractivity contribution is -0.134. The molecule has 1 saturated heterocycles. The fraction of sp³-hybridized carbons (Fsp3) is 0.409. The van der Waals surface area contributed by atoms with Crippen LogP contribution in [0.3, 0.4) is 0 Å². The number of rotatable bonds is 5. The van der Waals surface area contributed by atoms with Gasteiger partial charge in [0.05, 0.1) is 13.2 Å². The van der Waals surface area contributed by atoms with Crippen LogP contribution in [0.15, 0.2) is 54.6 Å². The van der Waals surface area contributed by atoms with Gasteiger partial charge in [-0.25, -0.2) is 0 Å². The maximum atomic E-state index is 13.1. The predicted molar refractivity (Wildman–Crippen MR) is 104 cm³/mol. The summed E-state index contributed by atoms with van der Waals surface area (Å²) in [4.78, 5) is 15.1. The first-order chi connectivity index (χ1) is 12.7. The minimum Gasteiger partial charge on any atom is -0.497 e. The van der Waals surface area contributed by atoms with E-state index in [9.17, 15) is 4.79 Å². The molecule has 0 spiro atoms. The highest BCUT2D eigenvalue weighted by molar-refractivity contribution is 5.77. The van der Waals surface area contributed by atoms with E-state index >= 15 is 0 Å². The Labute approximate surface area is 156 Å². The summed E-state index contributed by atoms with van der Waals surface area (Å²) in [5.41, 5.74) is 8.49. The fourth-order valence-corrected chi connectivity index (χ4v) is 3.70. The Balaban J connectivity index is 1.76. The van der Waals surface area contributed by atoms with Gasteiger partial charge in [-0.1, -0.05) is 55.3 Å². The molecule has 1 heterocycles. The highest BCUT2D eigenvalue weighted by Gasteiger charge is 2.27. The van der Waals surface area contributed by atoms with Gasteiger partial charge >= 0.3 is 0 Å². The van der Waals surface area contributed by atoms with Crippen molar-refractivity contribution in [3.8, 4) is 5.75 Å². The molecule has 2 atom stereocenters. The average Bonchev–Trinajstić information content (AvgIpc) is 2.95. The first kappa shape index (κ1) is 18.5. The summed E-state index contributed by atoms with van der Waals surface area (Å²) in [6, 6.07) is 17.8. The molecule has 1 amide bonds. The monoisotopic (exact) mass is 352 g/mol. The highest BCUT2D eigenvalue weighted by atomic mass is 16.5. The second-order valence-electron chi connectivity index (χ2n) is 6.95. The zero-order chi connectivity index (χ0) is 18.4. The second-order valence-corrected chi connectivity index (χ2v) is 6.95. The van der Waals surface area contributed by atoms with Crippen LogP contribution >= 0.6 is 0 Å². The third-order valence-corrected chi connectivity index (χ3v) is 5.20. The molecule has 1 fully saturated rings. The molecule has 138 valence electrons. The number of hydrogen-bond donors (Lipinski definition) is 1. The maximum absolute atomic E-state index is 13.1. The molecule has 2 N–H and O–H groups in total. The van der Waals surface area contributed by atoms with Gasteiger partial charge in [-0.05, 0) is 36.1 Å². The van der Waals surface area contributed by atoms with E-state index in [1.807, 2.05) is 47.4 Å². The van der Waals surface area contributed by atoms with Crippen molar-refractivity contribution < 1.29 is 9.53 Å². The van der Waals surface area contributed by atoms with Crippen LogP contribution in [0, 0.1) is 0 Å². The molecule has 3 rings (SSSR count). The number of carbonyl (C=O) groups excluding carboxylic acids is 1. The highest BCUT2D eigenvalue weighted by Crippen LogP contribution is 2.32. The minimum absolute atomic E-state index is 0.124. The van der Waals surface area contributed by atoms with Gasteiger partial charge in [-0.3, -0.25) is 4.79 Å². The summed E-state index contributed by atoms with van der Waals surface area (Å²) in [6.45, 7) is 0.803. The number of carbonyl (C=O) groups is 1. The summed E-state index contributed by atoms with van der Waals surface area (Å²) >= 11 is 0. The number of ether oxygens (including phenoxy) is 1. The smallest absolute Gasteiger partial charge is 0.224 e. The van der Waals surface area contributed by atoms with Crippen molar-refractivity contribution in [2.24, 2.45) is 5.73 Å². The number of benzene rings is 2. The van der Waals surface area contributed by atoms with E-state index in [0.717, 1.165) is 37.1 Å². The molecule has 1 aliphatic rings. The van der Waals surface area contributed by atoms with Crippen molar-refractivity contribution in [3.05, 3.63) is 65.7 Å². The molecular weight excluding hydrogens is 324 g/mol. The molecule has 26 heavy (non-hydrogen) atoms. The van der Waals surface area contributed by atoms with Crippen LogP contribution in [0.2, 0.25) is 0 Å². The molecule has 0 aliphatic carbocycles. The van der Waals surface area contributed by atoms with Crippen molar-refractivity contribution in [1.82, 2.24) is 4.90 Å². The number of nitrogens with zero attached hydrogens (tertiary/aromatic N) is 1. The predicted octanol–water partition coefficient (Wildman–Crippen LogP) is 4.23. The molecule has 2 aromatic carbocycles. The normalized spacial score (nSPS) is 18.8. The molecule has 0 saturated carbocycles. The minimum atomic E-state index is -0.261. The summed E-state index contributed by atoms with van der Waals surface area (Å²) < 4.78 is 5.26. The van der Waals surface area contributed by atoms with Crippen molar-refractivity contribution in [2.75, 3.05) is 13.7 Å². The van der Waals surface area contributed by atoms with Gasteiger partial charge in [0.2, 0.25) is 5.91 Å². The third-order valence-electron chi connectivity index (χ3n) is 5.20. The van der Waals surface area contributed by atoms with E-state index in [1.54, 1.807) is 7.11 Å². The van der Waals surface area contributed by atoms with E-state index in [4.69, 9.17) is 10.5 Å². The van der Waals surface area contributed by atoms with Gasteiger partial charge < -0.3 is 15.4 Å². The van der Waals surface area contributed by atoms with Crippen molar-refractivity contribution >= 4 is 5.91 Å². The van der Waals surface area contributed by atoms with Crippen molar-refractivity contribution in [2.45, 2.75) is 44.2 Å². The quantitative estimate of drug-likeness (QED) is 0.876. The van der Waals surface area contributed by atoms with Gasteiger partial charge in [-0.2, -0.15) is 0 Å². The lowest BCUT2D eigenvalue weighted by atomic mass is 9.99. The van der Waals surface area contributed by atoms with Crippen LogP contribution in [0.25, 0.3) is 0 Å². The van der Waals surface area contributed by atoms with Gasteiger partial charge in [-0.15, -0.1) is 0 Å². The fourth-order valence-electron chi connectivity index (χ4n) is 3.70. The third kappa shape index (κ3) is 4.44. The average molecular weight is 352 g/mol. The van der Waals surface area contributed by atoms with E-state index in [1.165, 1.54) is 12.0 Å². The summed E-state index contributed by atoms with van der Waals surface area (Å²) in [6.07, 6.45) is 4.71. The molecule has 1 aliphatic heterocycles. The summed E-state index contributed by atoms with van der Waals surface area (Å²) in [7, 11) is 1.67. The maximum Gasteiger partial charge on any atom is 0.224 e. The van der Waals surface area contributed by atoms with Crippen LogP contribution in [-0.2, 0) is 4.79 Å². The molecule has 0 radical (unpaired) electrons. The molecule has 4 heteroatoms. The molecule has 2 aromatic rings. The van der Waals surface area contributed by atoms with Gasteiger partial charge in [0.15, 0.2) is 0 Å². The molecule has 2 unspecified atom stereocenters. The number of methoxy groups -OCH3 is 1. The Bertz CT molecular complexity index is 700. The van der Waals surface area contributed by atoms with Gasteiger partial charge in [0.25, 0.3) is 0 Å². The SMILES string of the molecule is COc1ccc(C2CCCCCN2C(=O)CC(N)c2ccccc2)cc1. The van der Waals surface area contributed by atoms with E-state index in [-0.39, 0.29) is 18.0 Å². The Kier molecular flexibility index (Phi) is 6.29. The largest absolute Gasteiger partial charge is 0.497 e. The van der Waals surface area contributed by atoms with E-state index in [2.05, 4.69) is 12.1 Å². The lowest BCUT2D eigenvalue weighted by Crippen LogP contribution is -2.36. The number of amides is 1. The van der Waals surface area contributed by atoms with Crippen LogP contribution in [0.4, 0.5) is 0 Å². The zero-order valence-electron chi connectivity index (χ0n) is 15.4. The number of nitrogens with two attached hydrogens (primary N) is 1. The molecule has 0 aromatic heterocycles. The van der Waals surface area contributed by atoms with Crippen molar-refractivity contribution in [3.63, 3.8) is 0 Å². The Morgan fingerprint density at radius 1 is 1.12 bits per heavy atom. The first-order valence-electron chi connectivity index (χ1n) is 9.43. The zero-order valence-corrected chi connectivity index (χ0v) is 15.4. The van der Waals surface area contributed by atoms with Crippen molar-refractivity contribution in [1.29, 1.82) is 0 Å². The molecule has 0 bridgehead atoms. The first-order valence-corrected chi connectivity index (χ1v) is 9.43. The Morgan fingerprint density at radius 2 is 1.85 bits per heavy atom. The van der Waals surface area contributed by atoms with E-state index in [0.29, 0.717) is 6.42 Å². The van der Waals surface area contributed by atoms with Crippen LogP contribution in [-0.4, -0.2) is 24.5 Å².